The van der Waals surface area contributed by atoms with Gasteiger partial charge in [-0.2, -0.15) is 0 Å². The monoisotopic (exact) mass is 521 g/mol. The molecule has 9 nitrogen and oxygen atoms in total. The number of allylic oxidation sites excluding steroid dienone is 4. The van der Waals surface area contributed by atoms with E-state index in [1.165, 1.54) is 26.8 Å². The van der Waals surface area contributed by atoms with Crippen LogP contribution in [-0.2, 0) is 21.5 Å². The summed E-state index contributed by atoms with van der Waals surface area (Å²) in [4.78, 5) is 39.3. The standard InChI is InChI=1S/C29H31NO8/c1-13(2)37-19-9-8-17(10-20(19)36-7)12-30-15(4)22-18(32)11-21-29(6,28(22)35)24-26(34)14(3)25(33)23(16(5)31)27(24)38-21/h8-11,13,30,33-34H,12H2,1-7H3/b22-15+/t29-/m0/s1. The minimum absolute atomic E-state index is 0.00710. The van der Waals surface area contributed by atoms with E-state index in [0.29, 0.717) is 23.7 Å². The molecule has 0 saturated heterocycles. The third kappa shape index (κ3) is 4.08. The number of hydrogen-bond acceptors (Lipinski definition) is 9. The molecule has 0 unspecified atom stereocenters. The lowest BCUT2D eigenvalue weighted by Gasteiger charge is -2.29. The third-order valence-corrected chi connectivity index (χ3v) is 6.91. The van der Waals surface area contributed by atoms with Crippen molar-refractivity contribution in [3.05, 3.63) is 63.6 Å². The van der Waals surface area contributed by atoms with Crippen LogP contribution in [0.3, 0.4) is 0 Å². The average molecular weight is 522 g/mol. The van der Waals surface area contributed by atoms with E-state index in [1.807, 2.05) is 26.0 Å². The Labute approximate surface area is 220 Å². The Morgan fingerprint density at radius 3 is 2.42 bits per heavy atom. The molecule has 4 rings (SSSR count). The van der Waals surface area contributed by atoms with Gasteiger partial charge in [0.1, 0.15) is 34.0 Å². The second kappa shape index (κ2) is 9.55. The number of phenolic OH excluding ortho intramolecular Hbond substituents is 2. The zero-order valence-electron chi connectivity index (χ0n) is 22.4. The Bertz CT molecular complexity index is 1450. The van der Waals surface area contributed by atoms with E-state index in [-0.39, 0.29) is 45.6 Å². The maximum absolute atomic E-state index is 13.9. The lowest BCUT2D eigenvalue weighted by atomic mass is 9.70. The number of nitrogens with one attached hydrogen (secondary N) is 1. The molecular formula is C29H31NO8. The molecular weight excluding hydrogens is 490 g/mol. The van der Waals surface area contributed by atoms with Gasteiger partial charge >= 0.3 is 0 Å². The first kappa shape index (κ1) is 26.8. The van der Waals surface area contributed by atoms with Gasteiger partial charge < -0.3 is 29.7 Å². The number of rotatable bonds is 7. The molecule has 1 aliphatic heterocycles. The molecule has 9 heteroatoms. The fourth-order valence-corrected chi connectivity index (χ4v) is 4.86. The van der Waals surface area contributed by atoms with Gasteiger partial charge in [0.2, 0.25) is 0 Å². The second-order valence-electron chi connectivity index (χ2n) is 9.89. The zero-order valence-corrected chi connectivity index (χ0v) is 22.4. The summed E-state index contributed by atoms with van der Waals surface area (Å²) in [5.74, 6) is -1.40. The molecule has 2 aromatic rings. The fourth-order valence-electron chi connectivity index (χ4n) is 4.86. The summed E-state index contributed by atoms with van der Waals surface area (Å²) in [5, 5.41) is 24.6. The quantitative estimate of drug-likeness (QED) is 0.279. The van der Waals surface area contributed by atoms with Crippen LogP contribution in [0.15, 0.2) is 41.3 Å². The van der Waals surface area contributed by atoms with Gasteiger partial charge in [-0.1, -0.05) is 6.07 Å². The van der Waals surface area contributed by atoms with Crippen molar-refractivity contribution in [1.82, 2.24) is 5.32 Å². The topological polar surface area (TPSA) is 131 Å². The average Bonchev–Trinajstić information content (AvgIpc) is 3.14. The summed E-state index contributed by atoms with van der Waals surface area (Å²) in [5.41, 5.74) is -0.525. The summed E-state index contributed by atoms with van der Waals surface area (Å²) >= 11 is 0. The van der Waals surface area contributed by atoms with E-state index in [0.717, 1.165) is 5.56 Å². The Morgan fingerprint density at radius 1 is 1.13 bits per heavy atom. The number of ketones is 3. The molecule has 2 aliphatic rings. The van der Waals surface area contributed by atoms with Crippen LogP contribution in [0.25, 0.3) is 0 Å². The number of phenols is 2. The van der Waals surface area contributed by atoms with E-state index in [1.54, 1.807) is 20.1 Å². The smallest absolute Gasteiger partial charge is 0.194 e. The predicted octanol–water partition coefficient (Wildman–Crippen LogP) is 4.15. The molecule has 0 saturated carbocycles. The van der Waals surface area contributed by atoms with Crippen molar-refractivity contribution >= 4 is 17.3 Å². The van der Waals surface area contributed by atoms with E-state index < -0.39 is 28.5 Å². The summed E-state index contributed by atoms with van der Waals surface area (Å²) < 4.78 is 17.0. The Morgan fingerprint density at radius 2 is 1.82 bits per heavy atom. The van der Waals surface area contributed by atoms with Crippen LogP contribution >= 0.6 is 0 Å². The zero-order chi connectivity index (χ0) is 28.1. The molecule has 0 amide bonds. The molecule has 0 spiro atoms. The summed E-state index contributed by atoms with van der Waals surface area (Å²) in [6.07, 6.45) is 1.17. The van der Waals surface area contributed by atoms with Gasteiger partial charge in [-0.05, 0) is 59.2 Å². The van der Waals surface area contributed by atoms with Crippen molar-refractivity contribution in [2.24, 2.45) is 0 Å². The number of benzene rings is 2. The number of methoxy groups -OCH3 is 1. The summed E-state index contributed by atoms with van der Waals surface area (Å²) in [6, 6.07) is 5.46. The first-order valence-corrected chi connectivity index (χ1v) is 12.2. The van der Waals surface area contributed by atoms with Crippen molar-refractivity contribution in [2.75, 3.05) is 7.11 Å². The molecule has 1 aliphatic carbocycles. The van der Waals surface area contributed by atoms with Gasteiger partial charge in [-0.3, -0.25) is 14.4 Å². The predicted molar refractivity (Wildman–Crippen MR) is 139 cm³/mol. The maximum Gasteiger partial charge on any atom is 0.194 e. The molecule has 2 aromatic carbocycles. The highest BCUT2D eigenvalue weighted by Gasteiger charge is 2.56. The van der Waals surface area contributed by atoms with Crippen molar-refractivity contribution < 1.29 is 38.8 Å². The summed E-state index contributed by atoms with van der Waals surface area (Å²) in [7, 11) is 1.55. The van der Waals surface area contributed by atoms with Crippen LogP contribution in [0.5, 0.6) is 28.7 Å². The summed E-state index contributed by atoms with van der Waals surface area (Å²) in [6.45, 7) is 9.98. The molecule has 200 valence electrons. The van der Waals surface area contributed by atoms with Crippen LogP contribution < -0.4 is 19.5 Å². The van der Waals surface area contributed by atoms with Crippen LogP contribution in [0.2, 0.25) is 0 Å². The molecule has 0 bridgehead atoms. The van der Waals surface area contributed by atoms with Gasteiger partial charge in [0.25, 0.3) is 0 Å². The lowest BCUT2D eigenvalue weighted by Crippen LogP contribution is -2.41. The SMILES string of the molecule is COc1cc(CN/C(C)=C2\C(=O)C=C3Oc4c(C(C)=O)c(O)c(C)c(O)c4[C@@]3(C)C2=O)ccc1OC(C)C. The van der Waals surface area contributed by atoms with E-state index in [2.05, 4.69) is 5.32 Å². The molecule has 3 N–H and O–H groups in total. The van der Waals surface area contributed by atoms with E-state index in [9.17, 15) is 24.6 Å². The van der Waals surface area contributed by atoms with Crippen molar-refractivity contribution in [3.63, 3.8) is 0 Å². The van der Waals surface area contributed by atoms with Gasteiger partial charge in [0, 0.05) is 23.9 Å². The number of ether oxygens (including phenoxy) is 3. The van der Waals surface area contributed by atoms with Gasteiger partial charge in [0.15, 0.2) is 28.8 Å². The lowest BCUT2D eigenvalue weighted by molar-refractivity contribution is -0.123. The Hall–Kier alpha value is -4.27. The second-order valence-corrected chi connectivity index (χ2v) is 9.89. The van der Waals surface area contributed by atoms with Crippen LogP contribution in [0, 0.1) is 6.92 Å². The van der Waals surface area contributed by atoms with Crippen molar-refractivity contribution in [1.29, 1.82) is 0 Å². The van der Waals surface area contributed by atoms with Crippen LogP contribution in [-0.4, -0.2) is 40.8 Å². The minimum atomic E-state index is -1.56. The van der Waals surface area contributed by atoms with E-state index >= 15 is 0 Å². The van der Waals surface area contributed by atoms with Crippen molar-refractivity contribution in [2.45, 2.75) is 59.6 Å². The molecule has 0 radical (unpaired) electrons. The normalized spacial score (nSPS) is 19.4. The third-order valence-electron chi connectivity index (χ3n) is 6.91. The molecule has 0 aromatic heterocycles. The maximum atomic E-state index is 13.9. The number of hydrogen-bond donors (Lipinski definition) is 3. The Kier molecular flexibility index (Phi) is 6.73. The highest BCUT2D eigenvalue weighted by atomic mass is 16.5. The highest BCUT2D eigenvalue weighted by molar-refractivity contribution is 6.31. The van der Waals surface area contributed by atoms with Crippen LogP contribution in [0.4, 0.5) is 0 Å². The van der Waals surface area contributed by atoms with E-state index in [4.69, 9.17) is 14.2 Å². The van der Waals surface area contributed by atoms with Gasteiger partial charge in [-0.25, -0.2) is 0 Å². The fraction of sp³-hybridized carbons (Fsp3) is 0.345. The number of Topliss-reactive ketones (excluding diaryl/α,β-unsaturated/α-hetero) is 2. The number of fused-ring (bicyclic) bond motifs is 3. The first-order chi connectivity index (χ1) is 17.8. The number of carbonyl (C=O) groups excluding carboxylic acids is 3. The number of aromatic hydroxyl groups is 2. The Balaban J connectivity index is 1.72. The molecule has 1 atom stereocenters. The van der Waals surface area contributed by atoms with Gasteiger partial charge in [-0.15, -0.1) is 0 Å². The molecule has 1 heterocycles. The molecule has 0 fully saturated rings. The molecule has 38 heavy (non-hydrogen) atoms. The van der Waals surface area contributed by atoms with Crippen molar-refractivity contribution in [3.8, 4) is 28.7 Å². The highest BCUT2D eigenvalue weighted by Crippen LogP contribution is 2.57. The van der Waals surface area contributed by atoms with Crippen LogP contribution in [0.1, 0.15) is 61.7 Å². The van der Waals surface area contributed by atoms with Gasteiger partial charge in [0.05, 0.1) is 24.4 Å². The number of carbonyl (C=O) groups is 3. The first-order valence-electron chi connectivity index (χ1n) is 12.2. The minimum Gasteiger partial charge on any atom is -0.507 e. The largest absolute Gasteiger partial charge is 0.507 e.